The Balaban J connectivity index is 0.000000854. The maximum Gasteiger partial charge on any atom is 1.00 e. The third-order valence-electron chi connectivity index (χ3n) is 7.51. The number of rotatable bonds is 17. The fraction of sp³-hybridized carbons (Fsp3) is 0.643. The number of unbranched alkanes of at least 4 members (excludes halogenated alkanes) is 2. The smallest absolute Gasteiger partial charge is 0.543 e. The van der Waals surface area contributed by atoms with Crippen LogP contribution in [0.4, 0.5) is 0 Å². The number of nitrogens with one attached hydrogen (secondary N) is 1. The van der Waals surface area contributed by atoms with Crippen LogP contribution in [0.15, 0.2) is 27.4 Å². The summed E-state index contributed by atoms with van der Waals surface area (Å²) in [7, 11) is 0. The molecule has 0 bridgehead atoms. The van der Waals surface area contributed by atoms with Gasteiger partial charge in [0.2, 0.25) is 11.8 Å². The number of carboxylic acids is 3. The first kappa shape index (κ1) is 43.9. The van der Waals surface area contributed by atoms with Crippen LogP contribution in [0.5, 0.6) is 0 Å². The third-order valence-corrected chi connectivity index (χ3v) is 9.77. The summed E-state index contributed by atoms with van der Waals surface area (Å²) in [6.45, 7) is 5.98. The van der Waals surface area contributed by atoms with E-state index >= 15 is 0 Å². The first-order valence-corrected chi connectivity index (χ1v) is 16.4. The monoisotopic (exact) mass is 697 g/mol. The van der Waals surface area contributed by atoms with E-state index in [9.17, 15) is 39.3 Å². The Labute approximate surface area is 298 Å². The molecule has 3 rings (SSSR count). The molecule has 0 aromatic carbocycles. The van der Waals surface area contributed by atoms with Crippen molar-refractivity contribution in [2.75, 3.05) is 23.8 Å². The maximum absolute atomic E-state index is 11.9. The van der Waals surface area contributed by atoms with E-state index in [1.807, 2.05) is 13.8 Å². The number of aliphatic hydroxyl groups excluding tert-OH is 1. The van der Waals surface area contributed by atoms with Crippen LogP contribution in [0, 0.1) is 17.3 Å². The number of thioether (sulfide) groups is 2. The number of aliphatic carboxylic acids is 3. The zero-order valence-electron chi connectivity index (χ0n) is 26.6. The van der Waals surface area contributed by atoms with Gasteiger partial charge in [0.1, 0.15) is 11.7 Å². The summed E-state index contributed by atoms with van der Waals surface area (Å²) in [5.74, 6) is -3.02. The van der Waals surface area contributed by atoms with Gasteiger partial charge >= 0.3 is 41.5 Å². The topological polar surface area (TPSA) is 280 Å². The Hall–Kier alpha value is -2.12. The number of β-lactam (4-membered cyclic amide) rings is 1. The van der Waals surface area contributed by atoms with Crippen molar-refractivity contribution >= 4 is 59.6 Å². The molecule has 0 aromatic heterocycles. The van der Waals surface area contributed by atoms with E-state index < -0.39 is 36.0 Å². The number of hydrogen-bond donors (Lipinski definition) is 6. The van der Waals surface area contributed by atoms with Gasteiger partial charge in [0.25, 0.3) is 0 Å². The number of allylic oxidation sites excluding steroid dienone is 1. The summed E-state index contributed by atoms with van der Waals surface area (Å²) in [6.07, 6.45) is 5.20. The molecular formula is C28H44N5NaO10S2. The summed E-state index contributed by atoms with van der Waals surface area (Å²) in [6, 6.07) is -1.09. The molecule has 46 heavy (non-hydrogen) atoms. The molecule has 1 saturated heterocycles. The standard InChI is InChI=1S/C16H26N2O5S.C12H17N3O4S.Na.H2O/c1-16(2)8-10(16)13(19)18-12(15(22)23)6-4-3-5-7-24-9-11(17)14(20)21;1-6(16)9-7-4-8(20-3-2-14-5-13)10(12(18)19)15(7)11(9)17;;/h6,10-11H,3-5,7-9,17H2,1-2H3,(H,18,19)(H,20,21)(H,22,23);5-7,9,16H,2-4H2,1H3,(H2,13,14)(H,18,19);;1H2/q;;+1;/p-1/b12-6-;;;/t10-,11+;6-,7-,9+;;/m11../s1. The molecule has 18 heteroatoms. The second-order valence-electron chi connectivity index (χ2n) is 11.4. The molecular weight excluding hydrogens is 653 g/mol. The molecule has 0 spiro atoms. The average molecular weight is 698 g/mol. The summed E-state index contributed by atoms with van der Waals surface area (Å²) >= 11 is 2.83. The van der Waals surface area contributed by atoms with Crippen molar-refractivity contribution in [3.8, 4) is 0 Å². The average Bonchev–Trinajstić information content (AvgIpc) is 3.46. The number of fused-ring (bicyclic) bond motifs is 1. The van der Waals surface area contributed by atoms with E-state index in [0.717, 1.165) is 25.0 Å². The Morgan fingerprint density at radius 3 is 2.35 bits per heavy atom. The number of carbonyl (C=O) groups excluding carboxylic acids is 3. The fourth-order valence-corrected chi connectivity index (χ4v) is 6.88. The largest absolute Gasteiger partial charge is 1.00 e. The van der Waals surface area contributed by atoms with Gasteiger partial charge in [-0.25, -0.2) is 4.79 Å². The van der Waals surface area contributed by atoms with Gasteiger partial charge < -0.3 is 52.4 Å². The number of nitrogens with zero attached hydrogens (tertiary/aromatic N) is 2. The third kappa shape index (κ3) is 12.5. The van der Waals surface area contributed by atoms with Gasteiger partial charge in [-0.15, -0.1) is 11.8 Å². The summed E-state index contributed by atoms with van der Waals surface area (Å²) in [4.78, 5) is 62.6. The van der Waals surface area contributed by atoms with Gasteiger partial charge in [-0.05, 0) is 43.8 Å². The number of aliphatic imine (C=N–C) groups is 1. The molecule has 1 saturated carbocycles. The van der Waals surface area contributed by atoms with E-state index in [1.54, 1.807) is 6.92 Å². The molecule has 2 heterocycles. The molecule has 2 aliphatic heterocycles. The quantitative estimate of drug-likeness (QED) is 0.0211. The van der Waals surface area contributed by atoms with E-state index in [0.29, 0.717) is 35.8 Å². The molecule has 2 fully saturated rings. The van der Waals surface area contributed by atoms with Crippen LogP contribution in [0.25, 0.3) is 0 Å². The Morgan fingerprint density at radius 2 is 1.85 bits per heavy atom. The summed E-state index contributed by atoms with van der Waals surface area (Å²) in [5.41, 5.74) is 10.3. The molecule has 1 aliphatic carbocycles. The Kier molecular flexibility index (Phi) is 19.4. The van der Waals surface area contributed by atoms with Crippen LogP contribution in [-0.4, -0.2) is 104 Å². The van der Waals surface area contributed by atoms with Crippen LogP contribution >= 0.6 is 23.5 Å². The predicted octanol–water partition coefficient (Wildman–Crippen LogP) is -4.11. The Morgan fingerprint density at radius 1 is 1.22 bits per heavy atom. The van der Waals surface area contributed by atoms with E-state index in [4.69, 9.17) is 16.6 Å². The molecule has 0 unspecified atom stereocenters. The number of carbonyl (C=O) groups is 5. The van der Waals surface area contributed by atoms with Gasteiger partial charge in [0, 0.05) is 28.7 Å². The van der Waals surface area contributed by atoms with Crippen LogP contribution < -0.4 is 51.4 Å². The zero-order chi connectivity index (χ0) is 33.2. The van der Waals surface area contributed by atoms with Crippen molar-refractivity contribution in [2.45, 2.75) is 71.1 Å². The van der Waals surface area contributed by atoms with Crippen molar-refractivity contribution in [1.29, 1.82) is 0 Å². The number of hydrogen-bond acceptors (Lipinski definition) is 11. The molecule has 5 atom stereocenters. The first-order valence-electron chi connectivity index (χ1n) is 14.2. The van der Waals surface area contributed by atoms with E-state index in [2.05, 4.69) is 10.3 Å². The van der Waals surface area contributed by atoms with Gasteiger partial charge in [-0.2, -0.15) is 11.8 Å². The predicted molar refractivity (Wildman–Crippen MR) is 169 cm³/mol. The van der Waals surface area contributed by atoms with Crippen LogP contribution in [-0.2, 0) is 24.0 Å². The molecule has 0 radical (unpaired) electrons. The normalized spacial score (nSPS) is 22.3. The van der Waals surface area contributed by atoms with Gasteiger partial charge in [-0.3, -0.25) is 19.4 Å². The second kappa shape index (κ2) is 20.3. The maximum atomic E-state index is 11.9. The minimum atomic E-state index is -1.39. The van der Waals surface area contributed by atoms with E-state index in [1.165, 1.54) is 40.8 Å². The number of amides is 2. The minimum absolute atomic E-state index is 0. The minimum Gasteiger partial charge on any atom is -0.543 e. The molecule has 10 N–H and O–H groups in total. The van der Waals surface area contributed by atoms with Gasteiger partial charge in [0.05, 0.1) is 42.6 Å². The molecule has 254 valence electrons. The Bertz CT molecular complexity index is 1200. The molecule has 2 amide bonds. The number of aliphatic hydroxyl groups is 1. The van der Waals surface area contributed by atoms with E-state index in [-0.39, 0.29) is 75.6 Å². The van der Waals surface area contributed by atoms with Crippen LogP contribution in [0.2, 0.25) is 0 Å². The van der Waals surface area contributed by atoms with Crippen molar-refractivity contribution in [3.05, 3.63) is 22.4 Å². The fourth-order valence-electron chi connectivity index (χ4n) is 4.85. The summed E-state index contributed by atoms with van der Waals surface area (Å²) < 4.78 is 0. The number of carboxylic acid groups (broad SMARTS) is 3. The molecule has 0 aromatic rings. The second-order valence-corrected chi connectivity index (χ2v) is 13.7. The number of nitrogens with two attached hydrogens (primary N) is 2. The van der Waals surface area contributed by atoms with Crippen molar-refractivity contribution in [3.63, 3.8) is 0 Å². The van der Waals surface area contributed by atoms with Crippen molar-refractivity contribution in [1.82, 2.24) is 10.2 Å². The van der Waals surface area contributed by atoms with Crippen molar-refractivity contribution in [2.24, 2.45) is 33.7 Å². The van der Waals surface area contributed by atoms with Crippen LogP contribution in [0.3, 0.4) is 0 Å². The van der Waals surface area contributed by atoms with Gasteiger partial charge in [-0.1, -0.05) is 19.9 Å². The van der Waals surface area contributed by atoms with Crippen LogP contribution in [0.1, 0.15) is 52.9 Å². The zero-order valence-corrected chi connectivity index (χ0v) is 30.2. The van der Waals surface area contributed by atoms with Crippen molar-refractivity contribution < 1.29 is 79.4 Å². The SMILES string of the molecule is CC1(C)C[C@@H]1C(=O)N/C(=C\CCCCSC[C@H](N)C(=O)O)C(=O)[O-].C[C@@H](O)[C@@H]1C(=O)N2C(C(=O)O)=C(SCCN=CN)C[C@H]12.O.[Na+]. The molecule has 3 aliphatic rings. The first-order chi connectivity index (χ1) is 20.6. The van der Waals surface area contributed by atoms with Gasteiger partial charge in [0.15, 0.2) is 0 Å². The summed E-state index contributed by atoms with van der Waals surface area (Å²) in [5, 5.41) is 41.0. The molecule has 15 nitrogen and oxygen atoms in total.